The lowest BCUT2D eigenvalue weighted by atomic mass is 10.2. The van der Waals surface area contributed by atoms with Crippen molar-refractivity contribution in [1.29, 1.82) is 0 Å². The molecular formula is C10H13N3O3. The molecule has 0 spiro atoms. The van der Waals surface area contributed by atoms with E-state index in [2.05, 4.69) is 15.6 Å². The van der Waals surface area contributed by atoms with E-state index in [1.165, 1.54) is 6.20 Å². The SMILES string of the molecule is CC(CC(=O)O)NC(=O)Nc1cccnc1. The van der Waals surface area contributed by atoms with E-state index in [0.29, 0.717) is 5.69 Å². The van der Waals surface area contributed by atoms with Crippen LogP contribution >= 0.6 is 0 Å². The van der Waals surface area contributed by atoms with E-state index in [1.807, 2.05) is 0 Å². The van der Waals surface area contributed by atoms with Gasteiger partial charge in [0.1, 0.15) is 0 Å². The molecule has 0 aliphatic heterocycles. The van der Waals surface area contributed by atoms with Crippen LogP contribution < -0.4 is 10.6 Å². The van der Waals surface area contributed by atoms with Gasteiger partial charge in [0, 0.05) is 12.2 Å². The van der Waals surface area contributed by atoms with E-state index in [4.69, 9.17) is 5.11 Å². The molecule has 1 heterocycles. The van der Waals surface area contributed by atoms with Crippen molar-refractivity contribution in [3.63, 3.8) is 0 Å². The molecule has 0 saturated heterocycles. The first-order valence-electron chi connectivity index (χ1n) is 4.77. The summed E-state index contributed by atoms with van der Waals surface area (Å²) >= 11 is 0. The van der Waals surface area contributed by atoms with Gasteiger partial charge in [0.15, 0.2) is 0 Å². The highest BCUT2D eigenvalue weighted by Crippen LogP contribution is 2.02. The number of hydrogen-bond acceptors (Lipinski definition) is 3. The number of carboxylic acids is 1. The van der Waals surface area contributed by atoms with E-state index in [0.717, 1.165) is 0 Å². The van der Waals surface area contributed by atoms with E-state index in [9.17, 15) is 9.59 Å². The molecule has 0 aliphatic rings. The van der Waals surface area contributed by atoms with Gasteiger partial charge in [-0.25, -0.2) is 4.79 Å². The summed E-state index contributed by atoms with van der Waals surface area (Å²) in [4.78, 5) is 25.6. The molecule has 86 valence electrons. The third-order valence-electron chi connectivity index (χ3n) is 1.78. The number of hydrogen-bond donors (Lipinski definition) is 3. The molecule has 1 aromatic heterocycles. The van der Waals surface area contributed by atoms with Crippen LogP contribution in [-0.2, 0) is 4.79 Å². The van der Waals surface area contributed by atoms with Crippen molar-refractivity contribution >= 4 is 17.7 Å². The number of aliphatic carboxylic acids is 1. The first-order chi connectivity index (χ1) is 7.58. The van der Waals surface area contributed by atoms with Gasteiger partial charge in [-0.3, -0.25) is 9.78 Å². The van der Waals surface area contributed by atoms with Crippen LogP contribution in [0.5, 0.6) is 0 Å². The Morgan fingerprint density at radius 1 is 1.56 bits per heavy atom. The fourth-order valence-corrected chi connectivity index (χ4v) is 1.14. The Morgan fingerprint density at radius 3 is 2.88 bits per heavy atom. The van der Waals surface area contributed by atoms with Crippen molar-refractivity contribution in [3.05, 3.63) is 24.5 Å². The number of aromatic nitrogens is 1. The first kappa shape index (κ1) is 12.0. The topological polar surface area (TPSA) is 91.3 Å². The maximum atomic E-state index is 11.4. The lowest BCUT2D eigenvalue weighted by Crippen LogP contribution is -2.37. The zero-order valence-electron chi connectivity index (χ0n) is 8.80. The Morgan fingerprint density at radius 2 is 2.31 bits per heavy atom. The van der Waals surface area contributed by atoms with Crippen LogP contribution in [-0.4, -0.2) is 28.1 Å². The second kappa shape index (κ2) is 5.69. The normalized spacial score (nSPS) is 11.6. The summed E-state index contributed by atoms with van der Waals surface area (Å²) in [6, 6.07) is 2.51. The fourth-order valence-electron chi connectivity index (χ4n) is 1.14. The standard InChI is InChI=1S/C10H13N3O3/c1-7(5-9(14)15)12-10(16)13-8-3-2-4-11-6-8/h2-4,6-7H,5H2,1H3,(H,14,15)(H2,12,13,16). The van der Waals surface area contributed by atoms with Gasteiger partial charge in [-0.1, -0.05) is 0 Å². The van der Waals surface area contributed by atoms with Crippen molar-refractivity contribution in [2.75, 3.05) is 5.32 Å². The summed E-state index contributed by atoms with van der Waals surface area (Å²) in [6.07, 6.45) is 2.98. The number of carbonyl (C=O) groups is 2. The molecule has 0 aliphatic carbocycles. The quantitative estimate of drug-likeness (QED) is 0.711. The summed E-state index contributed by atoms with van der Waals surface area (Å²) in [5.74, 6) is -0.950. The minimum atomic E-state index is -0.950. The first-order valence-corrected chi connectivity index (χ1v) is 4.77. The number of nitrogens with one attached hydrogen (secondary N) is 2. The van der Waals surface area contributed by atoms with Gasteiger partial charge in [0.2, 0.25) is 0 Å². The molecule has 6 nitrogen and oxygen atoms in total. The Hall–Kier alpha value is -2.11. The zero-order valence-corrected chi connectivity index (χ0v) is 8.80. The zero-order chi connectivity index (χ0) is 12.0. The molecular weight excluding hydrogens is 210 g/mol. The Balaban J connectivity index is 2.39. The highest BCUT2D eigenvalue weighted by molar-refractivity contribution is 5.89. The summed E-state index contributed by atoms with van der Waals surface area (Å²) in [5, 5.41) is 13.5. The van der Waals surface area contributed by atoms with Crippen LogP contribution in [0.1, 0.15) is 13.3 Å². The number of amides is 2. The number of carboxylic acid groups (broad SMARTS) is 1. The summed E-state index contributed by atoms with van der Waals surface area (Å²) in [7, 11) is 0. The van der Waals surface area contributed by atoms with Crippen LogP contribution in [0.4, 0.5) is 10.5 Å². The van der Waals surface area contributed by atoms with Gasteiger partial charge < -0.3 is 15.7 Å². The molecule has 1 aromatic rings. The average Bonchev–Trinajstić information content (AvgIpc) is 2.17. The molecule has 0 aromatic carbocycles. The summed E-state index contributed by atoms with van der Waals surface area (Å²) < 4.78 is 0. The number of pyridine rings is 1. The van der Waals surface area contributed by atoms with Crippen LogP contribution in [0.3, 0.4) is 0 Å². The molecule has 3 N–H and O–H groups in total. The number of rotatable bonds is 4. The molecule has 1 rings (SSSR count). The maximum absolute atomic E-state index is 11.4. The molecule has 6 heteroatoms. The van der Waals surface area contributed by atoms with Gasteiger partial charge in [-0.05, 0) is 19.1 Å². The molecule has 1 atom stereocenters. The van der Waals surface area contributed by atoms with Crippen molar-refractivity contribution < 1.29 is 14.7 Å². The minimum Gasteiger partial charge on any atom is -0.481 e. The Bertz CT molecular complexity index is 367. The fraction of sp³-hybridized carbons (Fsp3) is 0.300. The van der Waals surface area contributed by atoms with Crippen LogP contribution in [0.15, 0.2) is 24.5 Å². The predicted molar refractivity (Wildman–Crippen MR) is 58.1 cm³/mol. The van der Waals surface area contributed by atoms with Gasteiger partial charge in [-0.2, -0.15) is 0 Å². The molecule has 0 bridgehead atoms. The Labute approximate surface area is 92.7 Å². The number of carbonyl (C=O) groups excluding carboxylic acids is 1. The monoisotopic (exact) mass is 223 g/mol. The van der Waals surface area contributed by atoms with Crippen LogP contribution in [0, 0.1) is 0 Å². The van der Waals surface area contributed by atoms with Crippen LogP contribution in [0.2, 0.25) is 0 Å². The van der Waals surface area contributed by atoms with Crippen molar-refractivity contribution in [2.45, 2.75) is 19.4 Å². The molecule has 16 heavy (non-hydrogen) atoms. The minimum absolute atomic E-state index is 0.111. The maximum Gasteiger partial charge on any atom is 0.319 e. The summed E-state index contributed by atoms with van der Waals surface area (Å²) in [5.41, 5.74) is 0.558. The number of urea groups is 1. The van der Waals surface area contributed by atoms with Crippen molar-refractivity contribution in [1.82, 2.24) is 10.3 Å². The van der Waals surface area contributed by atoms with E-state index >= 15 is 0 Å². The van der Waals surface area contributed by atoms with Crippen LogP contribution in [0.25, 0.3) is 0 Å². The second-order valence-corrected chi connectivity index (χ2v) is 3.34. The highest BCUT2D eigenvalue weighted by Gasteiger charge is 2.10. The van der Waals surface area contributed by atoms with Gasteiger partial charge >= 0.3 is 12.0 Å². The lowest BCUT2D eigenvalue weighted by Gasteiger charge is -2.12. The Kier molecular flexibility index (Phi) is 4.26. The van der Waals surface area contributed by atoms with Crippen molar-refractivity contribution in [3.8, 4) is 0 Å². The number of anilines is 1. The van der Waals surface area contributed by atoms with Gasteiger partial charge in [0.05, 0.1) is 18.3 Å². The molecule has 0 radical (unpaired) electrons. The third kappa shape index (κ3) is 4.41. The van der Waals surface area contributed by atoms with Gasteiger partial charge in [-0.15, -0.1) is 0 Å². The lowest BCUT2D eigenvalue weighted by molar-refractivity contribution is -0.137. The third-order valence-corrected chi connectivity index (χ3v) is 1.78. The smallest absolute Gasteiger partial charge is 0.319 e. The van der Waals surface area contributed by atoms with E-state index in [-0.39, 0.29) is 6.42 Å². The van der Waals surface area contributed by atoms with Gasteiger partial charge in [0.25, 0.3) is 0 Å². The molecule has 1 unspecified atom stereocenters. The number of nitrogens with zero attached hydrogens (tertiary/aromatic N) is 1. The second-order valence-electron chi connectivity index (χ2n) is 3.34. The summed E-state index contributed by atoms with van der Waals surface area (Å²) in [6.45, 7) is 1.62. The molecule has 2 amide bonds. The van der Waals surface area contributed by atoms with E-state index < -0.39 is 18.0 Å². The molecule has 0 saturated carbocycles. The van der Waals surface area contributed by atoms with E-state index in [1.54, 1.807) is 25.3 Å². The highest BCUT2D eigenvalue weighted by atomic mass is 16.4. The molecule has 0 fully saturated rings. The predicted octanol–water partition coefficient (Wildman–Crippen LogP) is 1.07. The average molecular weight is 223 g/mol. The largest absolute Gasteiger partial charge is 0.481 e. The van der Waals surface area contributed by atoms with Crippen molar-refractivity contribution in [2.24, 2.45) is 0 Å².